The molecular formula is C21H27N5O. The van der Waals surface area contributed by atoms with Crippen LogP contribution in [0.25, 0.3) is 5.70 Å². The molecule has 0 bridgehead atoms. The minimum atomic E-state index is 0.771. The number of unbranched alkanes of at least 4 members (excludes halogenated alkanes) is 1. The summed E-state index contributed by atoms with van der Waals surface area (Å²) in [5, 5.41) is 2.11. The summed E-state index contributed by atoms with van der Waals surface area (Å²) in [6, 6.07) is 19.0. The van der Waals surface area contributed by atoms with Gasteiger partial charge < -0.3 is 9.64 Å². The van der Waals surface area contributed by atoms with E-state index in [1.165, 1.54) is 16.8 Å². The van der Waals surface area contributed by atoms with Gasteiger partial charge in [-0.3, -0.25) is 10.4 Å². The van der Waals surface area contributed by atoms with Gasteiger partial charge in [-0.25, -0.2) is 0 Å². The Kier molecular flexibility index (Phi) is 5.46. The van der Waals surface area contributed by atoms with Crippen molar-refractivity contribution in [2.45, 2.75) is 26.3 Å². The maximum absolute atomic E-state index is 5.82. The van der Waals surface area contributed by atoms with E-state index < -0.39 is 0 Å². The van der Waals surface area contributed by atoms with Gasteiger partial charge >= 0.3 is 0 Å². The first kappa shape index (κ1) is 17.7. The molecule has 0 spiro atoms. The van der Waals surface area contributed by atoms with Crippen molar-refractivity contribution < 1.29 is 4.74 Å². The molecule has 1 fully saturated rings. The van der Waals surface area contributed by atoms with Crippen LogP contribution in [0.5, 0.6) is 5.75 Å². The van der Waals surface area contributed by atoms with E-state index in [-0.39, 0.29) is 0 Å². The molecule has 27 heavy (non-hydrogen) atoms. The maximum Gasteiger partial charge on any atom is 0.157 e. The number of rotatable bonds is 7. The molecule has 0 atom stereocenters. The molecule has 4 rings (SSSR count). The highest BCUT2D eigenvalue weighted by molar-refractivity contribution is 5.68. The third-order valence-electron chi connectivity index (χ3n) is 4.89. The zero-order valence-corrected chi connectivity index (χ0v) is 15.7. The second-order valence-corrected chi connectivity index (χ2v) is 6.84. The van der Waals surface area contributed by atoms with E-state index in [9.17, 15) is 0 Å². The lowest BCUT2D eigenvalue weighted by atomic mass is 10.1. The average Bonchev–Trinajstić information content (AvgIpc) is 3.18. The van der Waals surface area contributed by atoms with Gasteiger partial charge in [0.2, 0.25) is 0 Å². The Labute approximate surface area is 160 Å². The largest absolute Gasteiger partial charge is 0.494 e. The first-order chi connectivity index (χ1) is 13.3. The van der Waals surface area contributed by atoms with Crippen molar-refractivity contribution in [1.82, 2.24) is 26.4 Å². The van der Waals surface area contributed by atoms with Gasteiger partial charge in [0.15, 0.2) is 5.82 Å². The van der Waals surface area contributed by atoms with E-state index in [0.717, 1.165) is 50.7 Å². The number of benzene rings is 2. The molecule has 0 radical (unpaired) electrons. The lowest BCUT2D eigenvalue weighted by molar-refractivity contribution is 0.211. The summed E-state index contributed by atoms with van der Waals surface area (Å²) in [6.07, 6.45) is 2.22. The van der Waals surface area contributed by atoms with Crippen LogP contribution < -0.4 is 21.2 Å². The minimum Gasteiger partial charge on any atom is -0.494 e. The molecule has 3 N–H and O–H groups in total. The van der Waals surface area contributed by atoms with Crippen LogP contribution in [0.1, 0.15) is 30.9 Å². The van der Waals surface area contributed by atoms with Crippen molar-refractivity contribution in [3.05, 3.63) is 71.5 Å². The van der Waals surface area contributed by atoms with Gasteiger partial charge in [-0.15, -0.1) is 5.53 Å². The summed E-state index contributed by atoms with van der Waals surface area (Å²) in [6.45, 7) is 5.67. The zero-order valence-electron chi connectivity index (χ0n) is 15.7. The molecule has 2 aliphatic rings. The van der Waals surface area contributed by atoms with Crippen molar-refractivity contribution in [3.8, 4) is 5.75 Å². The standard InChI is InChI=1S/C21H27N5O/c1-2-3-15-27-19-11-9-18(10-12-19)20-21-22-23-24-26(21)14-13-25(20)16-17-7-5-4-6-8-17/h4-12,22-24H,2-3,13-16H2,1H3. The van der Waals surface area contributed by atoms with Crippen LogP contribution >= 0.6 is 0 Å². The van der Waals surface area contributed by atoms with Crippen molar-refractivity contribution in [1.29, 1.82) is 0 Å². The quantitative estimate of drug-likeness (QED) is 0.656. The van der Waals surface area contributed by atoms with Crippen LogP contribution in [-0.2, 0) is 6.54 Å². The Morgan fingerprint density at radius 3 is 2.59 bits per heavy atom. The Bertz CT molecular complexity index is 775. The van der Waals surface area contributed by atoms with Gasteiger partial charge in [-0.1, -0.05) is 43.7 Å². The van der Waals surface area contributed by atoms with E-state index in [4.69, 9.17) is 4.74 Å². The Balaban J connectivity index is 1.59. The summed E-state index contributed by atoms with van der Waals surface area (Å²) in [7, 11) is 0. The highest BCUT2D eigenvalue weighted by Gasteiger charge is 2.30. The second kappa shape index (κ2) is 8.33. The number of hydrogen-bond donors (Lipinski definition) is 3. The predicted molar refractivity (Wildman–Crippen MR) is 107 cm³/mol. The highest BCUT2D eigenvalue weighted by Crippen LogP contribution is 2.30. The number of nitrogens with one attached hydrogen (secondary N) is 3. The number of hydrogen-bond acceptors (Lipinski definition) is 6. The van der Waals surface area contributed by atoms with Crippen LogP contribution in [-0.4, -0.2) is 29.6 Å². The van der Waals surface area contributed by atoms with Gasteiger partial charge in [-0.2, -0.15) is 5.53 Å². The molecule has 0 saturated carbocycles. The van der Waals surface area contributed by atoms with Gasteiger partial charge in [0.25, 0.3) is 0 Å². The number of nitrogens with zero attached hydrogens (tertiary/aromatic N) is 2. The molecule has 2 aromatic rings. The van der Waals surface area contributed by atoms with Crippen LogP contribution in [0.15, 0.2) is 60.4 Å². The van der Waals surface area contributed by atoms with Crippen molar-refractivity contribution in [2.24, 2.45) is 0 Å². The molecule has 2 aromatic carbocycles. The van der Waals surface area contributed by atoms with E-state index in [0.29, 0.717) is 0 Å². The maximum atomic E-state index is 5.82. The Hall–Kier alpha value is -2.70. The summed E-state index contributed by atoms with van der Waals surface area (Å²) < 4.78 is 5.82. The zero-order chi connectivity index (χ0) is 18.5. The fourth-order valence-electron chi connectivity index (χ4n) is 3.44. The van der Waals surface area contributed by atoms with Crippen molar-refractivity contribution in [2.75, 3.05) is 19.7 Å². The molecule has 0 unspecified atom stereocenters. The highest BCUT2D eigenvalue weighted by atomic mass is 16.5. The first-order valence-corrected chi connectivity index (χ1v) is 9.66. The summed E-state index contributed by atoms with van der Waals surface area (Å²) in [5.74, 6) is 1.98. The summed E-state index contributed by atoms with van der Waals surface area (Å²) >= 11 is 0. The van der Waals surface area contributed by atoms with Crippen LogP contribution in [0.2, 0.25) is 0 Å². The minimum absolute atomic E-state index is 0.771. The molecule has 6 heteroatoms. The third kappa shape index (κ3) is 4.02. The molecule has 0 aliphatic carbocycles. The van der Waals surface area contributed by atoms with Gasteiger partial charge in [0.1, 0.15) is 5.75 Å². The van der Waals surface area contributed by atoms with E-state index in [1.54, 1.807) is 0 Å². The molecule has 142 valence electrons. The summed E-state index contributed by atoms with van der Waals surface area (Å²) in [4.78, 5) is 2.43. The fourth-order valence-corrected chi connectivity index (χ4v) is 3.44. The number of hydrazine groups is 3. The van der Waals surface area contributed by atoms with E-state index in [1.807, 2.05) is 0 Å². The number of ether oxygens (including phenoxy) is 1. The van der Waals surface area contributed by atoms with E-state index in [2.05, 4.69) is 87.9 Å². The molecule has 2 heterocycles. The van der Waals surface area contributed by atoms with Crippen molar-refractivity contribution >= 4 is 5.70 Å². The average molecular weight is 365 g/mol. The molecule has 0 amide bonds. The Morgan fingerprint density at radius 1 is 1.00 bits per heavy atom. The van der Waals surface area contributed by atoms with Gasteiger partial charge in [-0.05, 0) is 36.2 Å². The SMILES string of the molecule is CCCCOc1ccc(C2=C3NNNN3CCN2Cc2ccccc2)cc1. The summed E-state index contributed by atoms with van der Waals surface area (Å²) in [5.41, 5.74) is 13.1. The number of fused-ring (bicyclic) bond motifs is 1. The lowest BCUT2D eigenvalue weighted by Crippen LogP contribution is -2.44. The lowest BCUT2D eigenvalue weighted by Gasteiger charge is -2.36. The molecule has 2 aliphatic heterocycles. The van der Waals surface area contributed by atoms with Gasteiger partial charge in [0, 0.05) is 18.7 Å². The third-order valence-corrected chi connectivity index (χ3v) is 4.89. The monoisotopic (exact) mass is 365 g/mol. The molecule has 6 nitrogen and oxygen atoms in total. The smallest absolute Gasteiger partial charge is 0.157 e. The van der Waals surface area contributed by atoms with Crippen LogP contribution in [0.4, 0.5) is 0 Å². The van der Waals surface area contributed by atoms with Crippen LogP contribution in [0, 0.1) is 0 Å². The second-order valence-electron chi connectivity index (χ2n) is 6.84. The first-order valence-electron chi connectivity index (χ1n) is 9.66. The Morgan fingerprint density at radius 2 is 1.81 bits per heavy atom. The molecule has 0 aromatic heterocycles. The van der Waals surface area contributed by atoms with Crippen LogP contribution in [0.3, 0.4) is 0 Å². The fraction of sp³-hybridized carbons (Fsp3) is 0.333. The molecule has 1 saturated heterocycles. The topological polar surface area (TPSA) is 51.8 Å². The molecular weight excluding hydrogens is 338 g/mol. The van der Waals surface area contributed by atoms with Gasteiger partial charge in [0.05, 0.1) is 18.8 Å². The van der Waals surface area contributed by atoms with E-state index >= 15 is 0 Å². The normalized spacial score (nSPS) is 16.3. The predicted octanol–water partition coefficient (Wildman–Crippen LogP) is 2.84. The van der Waals surface area contributed by atoms with Crippen molar-refractivity contribution in [3.63, 3.8) is 0 Å².